The lowest BCUT2D eigenvalue weighted by Crippen LogP contribution is -2.56. The Bertz CT molecular complexity index is 591. The molecule has 1 heteroatoms. The van der Waals surface area contributed by atoms with E-state index in [1.54, 1.807) is 5.57 Å². The van der Waals surface area contributed by atoms with Crippen molar-refractivity contribution in [1.29, 1.82) is 0 Å². The van der Waals surface area contributed by atoms with E-state index in [9.17, 15) is 0 Å². The lowest BCUT2D eigenvalue weighted by molar-refractivity contribution is -0.0553. The van der Waals surface area contributed by atoms with E-state index in [1.165, 1.54) is 70.6 Å². The molecule has 4 aliphatic carbocycles. The molecule has 4 unspecified atom stereocenters. The van der Waals surface area contributed by atoms with E-state index in [2.05, 4.69) is 40.7 Å². The van der Waals surface area contributed by atoms with Gasteiger partial charge in [-0.15, -0.1) is 0 Å². The third kappa shape index (κ3) is 3.23. The Morgan fingerprint density at radius 1 is 1.04 bits per heavy atom. The van der Waals surface area contributed by atoms with Crippen LogP contribution in [0.4, 0.5) is 0 Å². The Morgan fingerprint density at radius 2 is 1.82 bits per heavy atom. The van der Waals surface area contributed by atoms with Crippen LogP contribution in [0.3, 0.4) is 0 Å². The quantitative estimate of drug-likeness (QED) is 0.492. The highest BCUT2D eigenvalue weighted by molar-refractivity contribution is 5.27. The Hall–Kier alpha value is -0.300. The second-order valence-corrected chi connectivity index (χ2v) is 12.2. The average Bonchev–Trinajstić information content (AvgIpc) is 3.00. The molecular formula is C27H47N. The van der Waals surface area contributed by atoms with Crippen molar-refractivity contribution in [3.63, 3.8) is 0 Å². The summed E-state index contributed by atoms with van der Waals surface area (Å²) in [5, 5.41) is 0. The van der Waals surface area contributed by atoms with Gasteiger partial charge in [0.25, 0.3) is 0 Å². The smallest absolute Gasteiger partial charge is 0.0133 e. The highest BCUT2D eigenvalue weighted by Crippen LogP contribution is 2.67. The molecular weight excluding hydrogens is 338 g/mol. The standard InChI is InChI=1S/C27H47N/c1-18(2)8-6-9-19(3)22-14-15-23-21-13-12-20-10-7-11-25(28)27(20,5)24(21)16-17-26(22,23)4/h12,18-19,21-25H,6-11,13-17,28H2,1-5H3/t19-,21?,22-,23?,24?,25?,26-,27+/m1/s1. The molecule has 0 radical (unpaired) electrons. The summed E-state index contributed by atoms with van der Waals surface area (Å²) in [6, 6.07) is 0.400. The minimum atomic E-state index is 0.309. The summed E-state index contributed by atoms with van der Waals surface area (Å²) in [5.41, 5.74) is 9.46. The van der Waals surface area contributed by atoms with Gasteiger partial charge in [-0.1, -0.05) is 65.5 Å². The summed E-state index contributed by atoms with van der Waals surface area (Å²) in [5.74, 6) is 5.45. The third-order valence-corrected chi connectivity index (χ3v) is 10.5. The van der Waals surface area contributed by atoms with Gasteiger partial charge < -0.3 is 5.73 Å². The fourth-order valence-corrected chi connectivity index (χ4v) is 8.82. The summed E-state index contributed by atoms with van der Waals surface area (Å²) in [7, 11) is 0. The van der Waals surface area contributed by atoms with Gasteiger partial charge in [-0.3, -0.25) is 0 Å². The molecule has 1 nitrogen and oxygen atoms in total. The maximum Gasteiger partial charge on any atom is 0.0133 e. The molecule has 4 rings (SSSR count). The van der Waals surface area contributed by atoms with Gasteiger partial charge in [-0.25, -0.2) is 0 Å². The van der Waals surface area contributed by atoms with Crippen LogP contribution in [0.25, 0.3) is 0 Å². The first kappa shape index (κ1) is 21.0. The monoisotopic (exact) mass is 385 g/mol. The molecule has 0 saturated heterocycles. The molecule has 0 bridgehead atoms. The van der Waals surface area contributed by atoms with Gasteiger partial charge in [0, 0.05) is 11.5 Å². The molecule has 0 aliphatic heterocycles. The molecule has 28 heavy (non-hydrogen) atoms. The molecule has 4 aliphatic rings. The van der Waals surface area contributed by atoms with E-state index in [0.29, 0.717) is 16.9 Å². The van der Waals surface area contributed by atoms with Gasteiger partial charge in [0.2, 0.25) is 0 Å². The van der Waals surface area contributed by atoms with E-state index in [-0.39, 0.29) is 0 Å². The minimum Gasteiger partial charge on any atom is -0.327 e. The summed E-state index contributed by atoms with van der Waals surface area (Å²) in [4.78, 5) is 0. The Balaban J connectivity index is 1.51. The Kier molecular flexibility index (Phi) is 5.80. The minimum absolute atomic E-state index is 0.309. The Morgan fingerprint density at radius 3 is 2.57 bits per heavy atom. The first-order valence-corrected chi connectivity index (χ1v) is 12.7. The summed E-state index contributed by atoms with van der Waals surface area (Å²) in [6.45, 7) is 12.6. The molecule has 0 aromatic rings. The van der Waals surface area contributed by atoms with E-state index in [1.807, 2.05) is 0 Å². The van der Waals surface area contributed by atoms with Crippen molar-refractivity contribution < 1.29 is 0 Å². The van der Waals surface area contributed by atoms with Gasteiger partial charge >= 0.3 is 0 Å². The summed E-state index contributed by atoms with van der Waals surface area (Å²) < 4.78 is 0. The first-order chi connectivity index (χ1) is 13.3. The average molecular weight is 386 g/mol. The van der Waals surface area contributed by atoms with Crippen molar-refractivity contribution in [3.05, 3.63) is 11.6 Å². The predicted octanol–water partition coefficient (Wildman–Crippen LogP) is 7.36. The first-order valence-electron chi connectivity index (χ1n) is 12.7. The number of hydrogen-bond acceptors (Lipinski definition) is 1. The molecule has 0 amide bonds. The SMILES string of the molecule is CC(C)CCC[C@@H](C)[C@H]1CCC2C3CC=C4CCCC(N)[C@]4(C)C3CC[C@@]21C. The lowest BCUT2D eigenvalue weighted by atomic mass is 9.46. The third-order valence-electron chi connectivity index (χ3n) is 10.5. The van der Waals surface area contributed by atoms with Crippen LogP contribution in [0.15, 0.2) is 11.6 Å². The van der Waals surface area contributed by atoms with Crippen LogP contribution in [-0.2, 0) is 0 Å². The highest BCUT2D eigenvalue weighted by atomic mass is 14.7. The molecule has 2 N–H and O–H groups in total. The fourth-order valence-electron chi connectivity index (χ4n) is 8.82. The second-order valence-electron chi connectivity index (χ2n) is 12.2. The van der Waals surface area contributed by atoms with Gasteiger partial charge in [0.15, 0.2) is 0 Å². The number of nitrogens with two attached hydrogens (primary N) is 1. The maximum atomic E-state index is 6.81. The summed E-state index contributed by atoms with van der Waals surface area (Å²) in [6.07, 6.45) is 18.1. The van der Waals surface area contributed by atoms with Gasteiger partial charge in [0.05, 0.1) is 0 Å². The van der Waals surface area contributed by atoms with Crippen LogP contribution in [0.2, 0.25) is 0 Å². The van der Waals surface area contributed by atoms with Crippen molar-refractivity contribution in [3.8, 4) is 0 Å². The van der Waals surface area contributed by atoms with Gasteiger partial charge in [-0.05, 0) is 92.3 Å². The van der Waals surface area contributed by atoms with Crippen molar-refractivity contribution in [2.24, 2.45) is 52.1 Å². The largest absolute Gasteiger partial charge is 0.327 e. The molecule has 160 valence electrons. The number of allylic oxidation sites excluding steroid dienone is 1. The number of fused-ring (bicyclic) bond motifs is 5. The molecule has 3 saturated carbocycles. The molecule has 0 spiro atoms. The highest BCUT2D eigenvalue weighted by Gasteiger charge is 2.59. The number of hydrogen-bond donors (Lipinski definition) is 1. The molecule has 0 heterocycles. The lowest BCUT2D eigenvalue weighted by Gasteiger charge is -2.59. The van der Waals surface area contributed by atoms with Gasteiger partial charge in [0.1, 0.15) is 0 Å². The second kappa shape index (κ2) is 7.75. The normalized spacial score (nSPS) is 46.5. The molecule has 0 aromatic heterocycles. The van der Waals surface area contributed by atoms with Crippen LogP contribution in [0, 0.1) is 46.3 Å². The summed E-state index contributed by atoms with van der Waals surface area (Å²) >= 11 is 0. The van der Waals surface area contributed by atoms with E-state index in [0.717, 1.165) is 35.5 Å². The molecule has 3 fully saturated rings. The molecule has 0 aromatic carbocycles. The fraction of sp³-hybridized carbons (Fsp3) is 0.926. The van der Waals surface area contributed by atoms with E-state index >= 15 is 0 Å². The van der Waals surface area contributed by atoms with Gasteiger partial charge in [-0.2, -0.15) is 0 Å². The zero-order chi connectivity index (χ0) is 20.1. The van der Waals surface area contributed by atoms with Crippen LogP contribution < -0.4 is 5.73 Å². The van der Waals surface area contributed by atoms with E-state index in [4.69, 9.17) is 5.73 Å². The maximum absolute atomic E-state index is 6.81. The topological polar surface area (TPSA) is 26.0 Å². The van der Waals surface area contributed by atoms with E-state index < -0.39 is 0 Å². The number of rotatable bonds is 5. The van der Waals surface area contributed by atoms with Crippen LogP contribution >= 0.6 is 0 Å². The van der Waals surface area contributed by atoms with Crippen molar-refractivity contribution >= 4 is 0 Å². The Labute approximate surface area is 175 Å². The van der Waals surface area contributed by atoms with Crippen molar-refractivity contribution in [1.82, 2.24) is 0 Å². The van der Waals surface area contributed by atoms with Crippen LogP contribution in [0.1, 0.15) is 105 Å². The van der Waals surface area contributed by atoms with Crippen LogP contribution in [0.5, 0.6) is 0 Å². The van der Waals surface area contributed by atoms with Crippen LogP contribution in [-0.4, -0.2) is 6.04 Å². The zero-order valence-electron chi connectivity index (χ0n) is 19.5. The van der Waals surface area contributed by atoms with Crippen molar-refractivity contribution in [2.45, 2.75) is 111 Å². The predicted molar refractivity (Wildman–Crippen MR) is 121 cm³/mol. The zero-order valence-corrected chi connectivity index (χ0v) is 19.5. The molecule has 8 atom stereocenters. The van der Waals surface area contributed by atoms with Crippen molar-refractivity contribution in [2.75, 3.05) is 0 Å².